The second kappa shape index (κ2) is 7.75. The van der Waals surface area contributed by atoms with Gasteiger partial charge in [0.25, 0.3) is 0 Å². The molecule has 4 nitrogen and oxygen atoms in total. The molecule has 0 saturated carbocycles. The monoisotopic (exact) mass is 337 g/mol. The molecule has 0 spiro atoms. The van der Waals surface area contributed by atoms with Crippen LogP contribution < -0.4 is 0 Å². The quantitative estimate of drug-likeness (QED) is 0.670. The van der Waals surface area contributed by atoms with Crippen molar-refractivity contribution in [2.75, 3.05) is 0 Å². The lowest BCUT2D eigenvalue weighted by molar-refractivity contribution is 0.471. The molecular formula is C20H20FN3O. The average Bonchev–Trinajstić information content (AvgIpc) is 3.10. The molecule has 0 aliphatic rings. The van der Waals surface area contributed by atoms with E-state index in [9.17, 15) is 9.50 Å². The number of aromatic nitrogens is 2. The van der Waals surface area contributed by atoms with Gasteiger partial charge in [-0.25, -0.2) is 9.37 Å². The number of aromatic amines is 1. The molecule has 0 aliphatic carbocycles. The van der Waals surface area contributed by atoms with Crippen molar-refractivity contribution >= 4 is 5.71 Å². The Morgan fingerprint density at radius 3 is 2.76 bits per heavy atom. The SMILES string of the molecule is C[C@H](Cc1cnc[nH]1)N=C(Cc1ccccc1)c1cc(F)ccc1O. The van der Waals surface area contributed by atoms with Gasteiger partial charge in [-0.2, -0.15) is 0 Å². The zero-order valence-electron chi connectivity index (χ0n) is 14.0. The largest absolute Gasteiger partial charge is 0.507 e. The normalized spacial score (nSPS) is 13.0. The van der Waals surface area contributed by atoms with E-state index in [-0.39, 0.29) is 11.8 Å². The van der Waals surface area contributed by atoms with E-state index in [2.05, 4.69) is 9.97 Å². The van der Waals surface area contributed by atoms with Crippen molar-refractivity contribution < 1.29 is 9.50 Å². The van der Waals surface area contributed by atoms with E-state index in [1.54, 1.807) is 12.5 Å². The molecule has 128 valence electrons. The molecule has 5 heteroatoms. The Morgan fingerprint density at radius 2 is 2.04 bits per heavy atom. The summed E-state index contributed by atoms with van der Waals surface area (Å²) in [6.45, 7) is 1.99. The molecule has 1 atom stereocenters. The number of hydrogen-bond donors (Lipinski definition) is 2. The molecule has 0 saturated heterocycles. The lowest BCUT2D eigenvalue weighted by Gasteiger charge is -2.13. The van der Waals surface area contributed by atoms with Crippen molar-refractivity contribution in [1.82, 2.24) is 9.97 Å². The Bertz CT molecular complexity index is 845. The minimum absolute atomic E-state index is 0.0322. The number of nitrogens with zero attached hydrogens (tertiary/aromatic N) is 2. The fourth-order valence-corrected chi connectivity index (χ4v) is 2.77. The maximum atomic E-state index is 13.7. The van der Waals surface area contributed by atoms with Crippen LogP contribution in [0, 0.1) is 5.82 Å². The first-order chi connectivity index (χ1) is 12.1. The topological polar surface area (TPSA) is 61.3 Å². The second-order valence-corrected chi connectivity index (χ2v) is 6.03. The van der Waals surface area contributed by atoms with E-state index in [0.717, 1.165) is 11.3 Å². The Balaban J connectivity index is 1.93. The number of phenolic OH excluding ortho intramolecular Hbond substituents is 1. The summed E-state index contributed by atoms with van der Waals surface area (Å²) < 4.78 is 13.7. The maximum absolute atomic E-state index is 13.7. The van der Waals surface area contributed by atoms with Gasteiger partial charge in [0.2, 0.25) is 0 Å². The number of H-pyrrole nitrogens is 1. The summed E-state index contributed by atoms with van der Waals surface area (Å²) in [5, 5.41) is 10.2. The maximum Gasteiger partial charge on any atom is 0.124 e. The van der Waals surface area contributed by atoms with Crippen molar-refractivity contribution in [2.24, 2.45) is 4.99 Å². The van der Waals surface area contributed by atoms with Gasteiger partial charge < -0.3 is 10.1 Å². The molecule has 25 heavy (non-hydrogen) atoms. The predicted octanol–water partition coefficient (Wildman–Crippen LogP) is 3.92. The smallest absolute Gasteiger partial charge is 0.124 e. The van der Waals surface area contributed by atoms with Crippen LogP contribution in [0.4, 0.5) is 4.39 Å². The van der Waals surface area contributed by atoms with Crippen LogP contribution in [0.25, 0.3) is 0 Å². The summed E-state index contributed by atoms with van der Waals surface area (Å²) in [5.74, 6) is -0.361. The molecule has 3 rings (SSSR count). The van der Waals surface area contributed by atoms with Gasteiger partial charge in [0, 0.05) is 30.3 Å². The molecule has 3 aromatic rings. The van der Waals surface area contributed by atoms with E-state index in [0.29, 0.717) is 24.1 Å². The molecule has 0 unspecified atom stereocenters. The first-order valence-electron chi connectivity index (χ1n) is 8.18. The van der Waals surface area contributed by atoms with E-state index < -0.39 is 5.82 Å². The van der Waals surface area contributed by atoms with Gasteiger partial charge in [0.1, 0.15) is 11.6 Å². The van der Waals surface area contributed by atoms with Gasteiger partial charge in [0.05, 0.1) is 18.1 Å². The molecular weight excluding hydrogens is 317 g/mol. The van der Waals surface area contributed by atoms with E-state index in [1.807, 2.05) is 37.3 Å². The highest BCUT2D eigenvalue weighted by molar-refractivity contribution is 6.04. The fraction of sp³-hybridized carbons (Fsp3) is 0.200. The van der Waals surface area contributed by atoms with E-state index in [4.69, 9.17) is 4.99 Å². The van der Waals surface area contributed by atoms with Gasteiger partial charge in [-0.1, -0.05) is 30.3 Å². The Labute approximate surface area is 146 Å². The summed E-state index contributed by atoms with van der Waals surface area (Å²) in [7, 11) is 0. The molecule has 0 amide bonds. The van der Waals surface area contributed by atoms with E-state index >= 15 is 0 Å². The van der Waals surface area contributed by atoms with Crippen LogP contribution in [0.5, 0.6) is 5.75 Å². The van der Waals surface area contributed by atoms with Gasteiger partial charge in [0.15, 0.2) is 0 Å². The van der Waals surface area contributed by atoms with Crippen LogP contribution >= 0.6 is 0 Å². The Morgan fingerprint density at radius 1 is 1.24 bits per heavy atom. The van der Waals surface area contributed by atoms with Crippen LogP contribution in [0.15, 0.2) is 66.0 Å². The average molecular weight is 337 g/mol. The molecule has 0 bridgehead atoms. The van der Waals surface area contributed by atoms with Crippen LogP contribution in [0.1, 0.15) is 23.7 Å². The van der Waals surface area contributed by atoms with Crippen LogP contribution in [0.3, 0.4) is 0 Å². The first kappa shape index (κ1) is 16.9. The minimum Gasteiger partial charge on any atom is -0.507 e. The number of imidazole rings is 1. The number of phenols is 1. The number of nitrogens with one attached hydrogen (secondary N) is 1. The lowest BCUT2D eigenvalue weighted by atomic mass is 10.0. The second-order valence-electron chi connectivity index (χ2n) is 6.03. The molecule has 0 fully saturated rings. The Kier molecular flexibility index (Phi) is 5.23. The highest BCUT2D eigenvalue weighted by atomic mass is 19.1. The van der Waals surface area contributed by atoms with Crippen molar-refractivity contribution in [3.8, 4) is 5.75 Å². The third-order valence-corrected chi connectivity index (χ3v) is 3.93. The molecule has 1 aromatic heterocycles. The summed E-state index contributed by atoms with van der Waals surface area (Å²) in [4.78, 5) is 11.8. The number of rotatable bonds is 6. The van der Waals surface area contributed by atoms with Crippen molar-refractivity contribution in [3.05, 3.63) is 83.7 Å². The lowest BCUT2D eigenvalue weighted by Crippen LogP contribution is -2.13. The van der Waals surface area contributed by atoms with Gasteiger partial charge in [-0.05, 0) is 30.7 Å². The predicted molar refractivity (Wildman–Crippen MR) is 96.5 cm³/mol. The molecule has 2 N–H and O–H groups in total. The molecule has 0 radical (unpaired) electrons. The standard InChI is InChI=1S/C20H20FN3O/c1-14(9-17-12-22-13-23-17)24-19(10-15-5-3-2-4-6-15)18-11-16(21)7-8-20(18)25/h2-8,11-14,25H,9-10H2,1H3,(H,22,23)/t14-/m1/s1. The van der Waals surface area contributed by atoms with Crippen molar-refractivity contribution in [2.45, 2.75) is 25.8 Å². The van der Waals surface area contributed by atoms with Crippen molar-refractivity contribution in [1.29, 1.82) is 0 Å². The first-order valence-corrected chi connectivity index (χ1v) is 8.18. The van der Waals surface area contributed by atoms with Gasteiger partial charge >= 0.3 is 0 Å². The zero-order valence-corrected chi connectivity index (χ0v) is 14.0. The third-order valence-electron chi connectivity index (χ3n) is 3.93. The minimum atomic E-state index is -0.394. The zero-order chi connectivity index (χ0) is 17.6. The fourth-order valence-electron chi connectivity index (χ4n) is 2.77. The van der Waals surface area contributed by atoms with Gasteiger partial charge in [-0.3, -0.25) is 4.99 Å². The number of aliphatic imine (C=N–C) groups is 1. The third kappa shape index (κ3) is 4.53. The number of hydrogen-bond acceptors (Lipinski definition) is 3. The summed E-state index contributed by atoms with van der Waals surface area (Å²) in [5.41, 5.74) is 3.13. The summed E-state index contributed by atoms with van der Waals surface area (Å²) >= 11 is 0. The van der Waals surface area contributed by atoms with Gasteiger partial charge in [-0.15, -0.1) is 0 Å². The van der Waals surface area contributed by atoms with Crippen LogP contribution in [-0.4, -0.2) is 26.8 Å². The number of aromatic hydroxyl groups is 1. The highest BCUT2D eigenvalue weighted by Gasteiger charge is 2.13. The number of halogens is 1. The molecule has 0 aliphatic heterocycles. The summed E-state index contributed by atoms with van der Waals surface area (Å²) in [6, 6.07) is 13.7. The van der Waals surface area contributed by atoms with Crippen LogP contribution in [-0.2, 0) is 12.8 Å². The van der Waals surface area contributed by atoms with E-state index in [1.165, 1.54) is 18.2 Å². The summed E-state index contributed by atoms with van der Waals surface area (Å²) in [6.07, 6.45) is 4.61. The molecule has 2 aromatic carbocycles. The number of benzene rings is 2. The highest BCUT2D eigenvalue weighted by Crippen LogP contribution is 2.22. The molecule has 1 heterocycles. The Hall–Kier alpha value is -2.95. The van der Waals surface area contributed by atoms with Crippen LogP contribution in [0.2, 0.25) is 0 Å². The van der Waals surface area contributed by atoms with Crippen molar-refractivity contribution in [3.63, 3.8) is 0 Å².